The maximum Gasteiger partial charge on any atom is 0.227 e. The number of rotatable bonds is 5. The summed E-state index contributed by atoms with van der Waals surface area (Å²) in [6.07, 6.45) is 0.209. The third kappa shape index (κ3) is 5.58. The van der Waals surface area contributed by atoms with Gasteiger partial charge in [0.15, 0.2) is 0 Å². The van der Waals surface area contributed by atoms with Crippen molar-refractivity contribution in [3.05, 3.63) is 94.8 Å². The molecule has 0 spiro atoms. The normalized spacial score (nSPS) is 13.0. The van der Waals surface area contributed by atoms with Crippen LogP contribution < -0.4 is 9.64 Å². The van der Waals surface area contributed by atoms with E-state index in [-0.39, 0.29) is 24.1 Å². The van der Waals surface area contributed by atoms with Gasteiger partial charge in [-0.15, -0.1) is 0 Å². The first-order valence-corrected chi connectivity index (χ1v) is 11.0. The lowest BCUT2D eigenvalue weighted by molar-refractivity contribution is -0.131. The van der Waals surface area contributed by atoms with Crippen LogP contribution in [0.3, 0.4) is 0 Å². The maximum atomic E-state index is 13.2. The Hall–Kier alpha value is -3.67. The van der Waals surface area contributed by atoms with E-state index in [0.717, 1.165) is 33.7 Å². The van der Waals surface area contributed by atoms with Crippen molar-refractivity contribution in [1.82, 2.24) is 4.90 Å². The van der Waals surface area contributed by atoms with Crippen molar-refractivity contribution < 1.29 is 18.7 Å². The monoisotopic (exact) mass is 446 g/mol. The summed E-state index contributed by atoms with van der Waals surface area (Å²) in [4.78, 5) is 28.7. The lowest BCUT2D eigenvalue weighted by Gasteiger charge is -2.23. The molecule has 4 rings (SSSR count). The van der Waals surface area contributed by atoms with Gasteiger partial charge in [0.1, 0.15) is 18.2 Å². The quantitative estimate of drug-likeness (QED) is 0.573. The van der Waals surface area contributed by atoms with E-state index in [4.69, 9.17) is 4.74 Å². The van der Waals surface area contributed by atoms with Crippen LogP contribution in [0.2, 0.25) is 0 Å². The maximum absolute atomic E-state index is 13.2. The SMILES string of the molecule is CC(=O)N(Cc1ccc2c(c1)CN(C(=O)Cc1ccc(F)cc1)CCO2)c1ccc(C)cc1. The minimum atomic E-state index is -0.318. The number of anilines is 1. The Bertz CT molecular complexity index is 1140. The molecular formula is C27H27FN2O3. The van der Waals surface area contributed by atoms with E-state index in [1.54, 1.807) is 28.9 Å². The molecule has 0 aromatic heterocycles. The summed E-state index contributed by atoms with van der Waals surface area (Å²) in [7, 11) is 0. The van der Waals surface area contributed by atoms with Gasteiger partial charge in [-0.2, -0.15) is 0 Å². The van der Waals surface area contributed by atoms with Gasteiger partial charge in [-0.25, -0.2) is 4.39 Å². The van der Waals surface area contributed by atoms with Crippen molar-refractivity contribution in [1.29, 1.82) is 0 Å². The van der Waals surface area contributed by atoms with Crippen molar-refractivity contribution in [2.24, 2.45) is 0 Å². The van der Waals surface area contributed by atoms with Crippen LogP contribution in [0.1, 0.15) is 29.2 Å². The number of aryl methyl sites for hydroxylation is 1. The molecule has 0 N–H and O–H groups in total. The van der Waals surface area contributed by atoms with Crippen LogP contribution in [-0.2, 0) is 29.1 Å². The van der Waals surface area contributed by atoms with Gasteiger partial charge in [-0.1, -0.05) is 35.9 Å². The van der Waals surface area contributed by atoms with Gasteiger partial charge in [-0.3, -0.25) is 9.59 Å². The molecule has 0 saturated heterocycles. The highest BCUT2D eigenvalue weighted by atomic mass is 19.1. The number of ether oxygens (including phenoxy) is 1. The minimum Gasteiger partial charge on any atom is -0.491 e. The van der Waals surface area contributed by atoms with E-state index in [0.29, 0.717) is 26.2 Å². The molecule has 0 unspecified atom stereocenters. The number of hydrogen-bond acceptors (Lipinski definition) is 3. The van der Waals surface area contributed by atoms with Gasteiger partial charge < -0.3 is 14.5 Å². The van der Waals surface area contributed by atoms with E-state index in [1.807, 2.05) is 49.4 Å². The molecule has 0 fully saturated rings. The number of hydrogen-bond donors (Lipinski definition) is 0. The van der Waals surface area contributed by atoms with Gasteiger partial charge in [0.2, 0.25) is 11.8 Å². The standard InChI is InChI=1S/C27H27FN2O3/c1-19-3-10-25(11-4-19)30(20(2)31)17-22-7-12-26-23(15-22)18-29(13-14-33-26)27(32)16-21-5-8-24(28)9-6-21/h3-12,15H,13-14,16-18H2,1-2H3. The predicted molar refractivity (Wildman–Crippen MR) is 126 cm³/mol. The smallest absolute Gasteiger partial charge is 0.227 e. The van der Waals surface area contributed by atoms with Gasteiger partial charge in [-0.05, 0) is 54.4 Å². The summed E-state index contributed by atoms with van der Waals surface area (Å²) in [5, 5.41) is 0. The first-order chi connectivity index (χ1) is 15.9. The molecule has 0 atom stereocenters. The highest BCUT2D eigenvalue weighted by Gasteiger charge is 2.21. The molecule has 6 heteroatoms. The summed E-state index contributed by atoms with van der Waals surface area (Å²) < 4.78 is 19.0. The van der Waals surface area contributed by atoms with E-state index < -0.39 is 0 Å². The molecule has 0 radical (unpaired) electrons. The van der Waals surface area contributed by atoms with Crippen LogP contribution in [0.15, 0.2) is 66.7 Å². The van der Waals surface area contributed by atoms with Gasteiger partial charge in [0.05, 0.1) is 19.5 Å². The molecule has 1 aliphatic heterocycles. The van der Waals surface area contributed by atoms with E-state index in [1.165, 1.54) is 12.1 Å². The van der Waals surface area contributed by atoms with Crippen molar-refractivity contribution in [2.75, 3.05) is 18.1 Å². The Labute approximate surface area is 193 Å². The molecule has 3 aromatic rings. The number of carbonyl (C=O) groups excluding carboxylic acids is 2. The zero-order valence-electron chi connectivity index (χ0n) is 18.9. The van der Waals surface area contributed by atoms with Crippen molar-refractivity contribution in [3.63, 3.8) is 0 Å². The highest BCUT2D eigenvalue weighted by Crippen LogP contribution is 2.27. The molecule has 0 aliphatic carbocycles. The third-order valence-corrected chi connectivity index (χ3v) is 5.79. The first kappa shape index (κ1) is 22.5. The second-order valence-corrected chi connectivity index (χ2v) is 8.35. The number of nitrogens with zero attached hydrogens (tertiary/aromatic N) is 2. The average Bonchev–Trinajstić information content (AvgIpc) is 3.02. The zero-order valence-corrected chi connectivity index (χ0v) is 18.9. The van der Waals surface area contributed by atoms with Crippen molar-refractivity contribution in [2.45, 2.75) is 33.4 Å². The van der Waals surface area contributed by atoms with Crippen molar-refractivity contribution >= 4 is 17.5 Å². The Kier molecular flexibility index (Phi) is 6.73. The first-order valence-electron chi connectivity index (χ1n) is 11.0. The summed E-state index contributed by atoms with van der Waals surface area (Å²) in [5.41, 5.74) is 4.62. The number of halogens is 1. The van der Waals surface area contributed by atoms with E-state index in [2.05, 4.69) is 0 Å². The molecule has 1 heterocycles. The Morgan fingerprint density at radius 1 is 1.00 bits per heavy atom. The van der Waals surface area contributed by atoms with Crippen LogP contribution in [0.5, 0.6) is 5.75 Å². The summed E-state index contributed by atoms with van der Waals surface area (Å²) in [6, 6.07) is 19.7. The fourth-order valence-corrected chi connectivity index (χ4v) is 3.94. The lowest BCUT2D eigenvalue weighted by Crippen LogP contribution is -2.33. The van der Waals surface area contributed by atoms with Gasteiger partial charge in [0, 0.05) is 24.7 Å². The molecule has 5 nitrogen and oxygen atoms in total. The summed E-state index contributed by atoms with van der Waals surface area (Å²) in [6.45, 7) is 5.31. The molecule has 3 aromatic carbocycles. The molecule has 2 amide bonds. The summed E-state index contributed by atoms with van der Waals surface area (Å²) >= 11 is 0. The molecular weight excluding hydrogens is 419 g/mol. The Balaban J connectivity index is 1.51. The van der Waals surface area contributed by atoms with E-state index >= 15 is 0 Å². The largest absolute Gasteiger partial charge is 0.491 e. The number of carbonyl (C=O) groups is 2. The van der Waals surface area contributed by atoms with Crippen LogP contribution in [0.4, 0.5) is 10.1 Å². The summed E-state index contributed by atoms with van der Waals surface area (Å²) in [5.74, 6) is 0.358. The molecule has 170 valence electrons. The number of amides is 2. The number of fused-ring (bicyclic) bond motifs is 1. The van der Waals surface area contributed by atoms with Gasteiger partial charge >= 0.3 is 0 Å². The molecule has 0 bridgehead atoms. The molecule has 1 aliphatic rings. The highest BCUT2D eigenvalue weighted by molar-refractivity contribution is 5.91. The Morgan fingerprint density at radius 2 is 1.70 bits per heavy atom. The van der Waals surface area contributed by atoms with Crippen molar-refractivity contribution in [3.8, 4) is 5.75 Å². The van der Waals surface area contributed by atoms with E-state index in [9.17, 15) is 14.0 Å². The second kappa shape index (κ2) is 9.86. The fourth-order valence-electron chi connectivity index (χ4n) is 3.94. The predicted octanol–water partition coefficient (Wildman–Crippen LogP) is 4.65. The fraction of sp³-hybridized carbons (Fsp3) is 0.259. The topological polar surface area (TPSA) is 49.9 Å². The molecule has 33 heavy (non-hydrogen) atoms. The number of benzene rings is 3. The van der Waals surface area contributed by atoms with Gasteiger partial charge in [0.25, 0.3) is 0 Å². The molecule has 0 saturated carbocycles. The lowest BCUT2D eigenvalue weighted by atomic mass is 10.1. The average molecular weight is 447 g/mol. The van der Waals surface area contributed by atoms with Crippen LogP contribution in [0, 0.1) is 12.7 Å². The Morgan fingerprint density at radius 3 is 2.39 bits per heavy atom. The van der Waals surface area contributed by atoms with Crippen LogP contribution >= 0.6 is 0 Å². The minimum absolute atomic E-state index is 0.0338. The zero-order chi connectivity index (χ0) is 23.4. The second-order valence-electron chi connectivity index (χ2n) is 8.35. The third-order valence-electron chi connectivity index (χ3n) is 5.79. The van der Waals surface area contributed by atoms with Crippen LogP contribution in [-0.4, -0.2) is 29.9 Å². The van der Waals surface area contributed by atoms with Crippen LogP contribution in [0.25, 0.3) is 0 Å².